The number of rotatable bonds is 3. The fraction of sp³-hybridized carbons (Fsp3) is 0.900. The number of nitrogens with zero attached hydrogens (tertiary/aromatic N) is 2. The molecule has 0 bridgehead atoms. The monoisotopic (exact) mass is 200 g/mol. The highest BCUT2D eigenvalue weighted by molar-refractivity contribution is 6.76. The third-order valence-electron chi connectivity index (χ3n) is 1.37. The molecule has 0 unspecified atom stereocenters. The van der Waals surface area contributed by atoms with Crippen LogP contribution in [0.1, 0.15) is 20.8 Å². The van der Waals surface area contributed by atoms with Crippen LogP contribution >= 0.6 is 0 Å². The molecule has 0 saturated heterocycles. The van der Waals surface area contributed by atoms with Crippen LogP contribution in [0.2, 0.25) is 19.6 Å². The molecule has 13 heavy (non-hydrogen) atoms. The lowest BCUT2D eigenvalue weighted by molar-refractivity contribution is 0.546. The third kappa shape index (κ3) is 9.60. The average molecular weight is 200 g/mol. The molecule has 0 aromatic rings. The van der Waals surface area contributed by atoms with Crippen molar-refractivity contribution in [2.45, 2.75) is 46.0 Å². The average Bonchev–Trinajstić information content (AvgIpc) is 1.78. The standard InChI is InChI=1S/C10H24N2Si/c1-10(2,3)11-8-12(4)9-13(5,6)7/h8H,9H2,1-7H3. The fourth-order valence-corrected chi connectivity index (χ4v) is 2.64. The van der Waals surface area contributed by atoms with E-state index < -0.39 is 8.07 Å². The van der Waals surface area contributed by atoms with E-state index in [-0.39, 0.29) is 5.54 Å². The molecule has 0 aliphatic carbocycles. The van der Waals surface area contributed by atoms with Crippen molar-refractivity contribution in [3.63, 3.8) is 0 Å². The van der Waals surface area contributed by atoms with Gasteiger partial charge in [-0.2, -0.15) is 0 Å². The molecule has 0 heterocycles. The van der Waals surface area contributed by atoms with Crippen molar-refractivity contribution >= 4 is 14.4 Å². The Bertz CT molecular complexity index is 174. The largest absolute Gasteiger partial charge is 0.369 e. The first-order chi connectivity index (χ1) is 5.60. The summed E-state index contributed by atoms with van der Waals surface area (Å²) >= 11 is 0. The highest BCUT2D eigenvalue weighted by Crippen LogP contribution is 2.06. The molecule has 0 rings (SSSR count). The van der Waals surface area contributed by atoms with E-state index >= 15 is 0 Å². The van der Waals surface area contributed by atoms with Gasteiger partial charge in [0.15, 0.2) is 0 Å². The second-order valence-corrected chi connectivity index (χ2v) is 11.3. The van der Waals surface area contributed by atoms with Crippen molar-refractivity contribution in [2.75, 3.05) is 13.2 Å². The van der Waals surface area contributed by atoms with Crippen LogP contribution < -0.4 is 0 Å². The van der Waals surface area contributed by atoms with Gasteiger partial charge in [-0.15, -0.1) is 0 Å². The van der Waals surface area contributed by atoms with Crippen LogP contribution in [-0.4, -0.2) is 38.1 Å². The Kier molecular flexibility index (Phi) is 4.16. The van der Waals surface area contributed by atoms with Gasteiger partial charge in [-0.25, -0.2) is 0 Å². The molecular weight excluding hydrogens is 176 g/mol. The van der Waals surface area contributed by atoms with E-state index in [1.165, 1.54) is 6.17 Å². The first-order valence-corrected chi connectivity index (χ1v) is 8.56. The Balaban J connectivity index is 4.02. The van der Waals surface area contributed by atoms with Crippen LogP contribution in [0.3, 0.4) is 0 Å². The Morgan fingerprint density at radius 1 is 1.23 bits per heavy atom. The zero-order valence-corrected chi connectivity index (χ0v) is 11.2. The molecule has 0 amide bonds. The lowest BCUT2D eigenvalue weighted by Crippen LogP contribution is -2.37. The van der Waals surface area contributed by atoms with Gasteiger partial charge in [0.2, 0.25) is 0 Å². The van der Waals surface area contributed by atoms with Crippen molar-refractivity contribution in [1.29, 1.82) is 0 Å². The summed E-state index contributed by atoms with van der Waals surface area (Å²) in [4.78, 5) is 6.67. The maximum Gasteiger partial charge on any atom is 0.0850 e. The predicted molar refractivity (Wildman–Crippen MR) is 64.2 cm³/mol. The van der Waals surface area contributed by atoms with Crippen LogP contribution in [0.15, 0.2) is 4.99 Å². The van der Waals surface area contributed by atoms with Gasteiger partial charge in [0.05, 0.1) is 20.0 Å². The molecule has 78 valence electrons. The predicted octanol–water partition coefficient (Wildman–Crippen LogP) is 2.62. The SMILES string of the molecule is CN(C=NC(C)(C)C)C[Si](C)(C)C. The van der Waals surface area contributed by atoms with E-state index in [0.29, 0.717) is 0 Å². The molecule has 0 aromatic carbocycles. The minimum Gasteiger partial charge on any atom is -0.369 e. The van der Waals surface area contributed by atoms with Gasteiger partial charge in [0.1, 0.15) is 0 Å². The fourth-order valence-electron chi connectivity index (χ4n) is 1.06. The van der Waals surface area contributed by atoms with Gasteiger partial charge in [0, 0.05) is 13.2 Å². The minimum absolute atomic E-state index is 0.0493. The van der Waals surface area contributed by atoms with E-state index in [4.69, 9.17) is 0 Å². The zero-order chi connectivity index (χ0) is 10.7. The summed E-state index contributed by atoms with van der Waals surface area (Å²) in [6.07, 6.45) is 3.14. The molecule has 0 radical (unpaired) electrons. The molecule has 0 aliphatic heterocycles. The second kappa shape index (κ2) is 4.27. The van der Waals surface area contributed by atoms with Crippen molar-refractivity contribution in [3.05, 3.63) is 0 Å². The summed E-state index contributed by atoms with van der Waals surface area (Å²) < 4.78 is 0. The molecule has 0 N–H and O–H groups in total. The summed E-state index contributed by atoms with van der Waals surface area (Å²) in [7, 11) is 1.12. The van der Waals surface area contributed by atoms with Gasteiger partial charge in [-0.3, -0.25) is 4.99 Å². The van der Waals surface area contributed by atoms with Gasteiger partial charge < -0.3 is 4.90 Å². The van der Waals surface area contributed by atoms with E-state index in [2.05, 4.69) is 57.4 Å². The summed E-state index contributed by atoms with van der Waals surface area (Å²) in [6.45, 7) is 13.5. The van der Waals surface area contributed by atoms with Crippen LogP contribution in [-0.2, 0) is 0 Å². The van der Waals surface area contributed by atoms with Crippen molar-refractivity contribution < 1.29 is 0 Å². The summed E-state index contributed by atoms with van der Waals surface area (Å²) in [5.74, 6) is 0. The van der Waals surface area contributed by atoms with E-state index in [0.717, 1.165) is 0 Å². The van der Waals surface area contributed by atoms with E-state index in [1.54, 1.807) is 0 Å². The number of hydrogen-bond acceptors (Lipinski definition) is 1. The molecule has 0 aliphatic rings. The molecule has 0 fully saturated rings. The van der Waals surface area contributed by atoms with Crippen molar-refractivity contribution in [2.24, 2.45) is 4.99 Å². The summed E-state index contributed by atoms with van der Waals surface area (Å²) in [5.41, 5.74) is 0.0493. The third-order valence-corrected chi connectivity index (χ3v) is 2.81. The molecule has 3 heteroatoms. The van der Waals surface area contributed by atoms with Crippen LogP contribution in [0.25, 0.3) is 0 Å². The molecule has 0 spiro atoms. The van der Waals surface area contributed by atoms with Gasteiger partial charge in [-0.05, 0) is 20.8 Å². The Hall–Kier alpha value is -0.313. The summed E-state index contributed by atoms with van der Waals surface area (Å²) in [6, 6.07) is 0. The maximum atomic E-state index is 4.46. The van der Waals surface area contributed by atoms with Gasteiger partial charge in [0.25, 0.3) is 0 Å². The quantitative estimate of drug-likeness (QED) is 0.388. The number of aliphatic imine (C=N–C) groups is 1. The highest BCUT2D eigenvalue weighted by Gasteiger charge is 2.14. The first-order valence-electron chi connectivity index (χ1n) is 4.86. The molecule has 2 nitrogen and oxygen atoms in total. The van der Waals surface area contributed by atoms with Crippen LogP contribution in [0.4, 0.5) is 0 Å². The summed E-state index contributed by atoms with van der Waals surface area (Å²) in [5, 5.41) is 0. The van der Waals surface area contributed by atoms with Crippen LogP contribution in [0.5, 0.6) is 0 Å². The topological polar surface area (TPSA) is 15.6 Å². The number of hydrogen-bond donors (Lipinski definition) is 0. The Morgan fingerprint density at radius 3 is 2.00 bits per heavy atom. The van der Waals surface area contributed by atoms with Crippen molar-refractivity contribution in [3.8, 4) is 0 Å². The Morgan fingerprint density at radius 2 is 1.69 bits per heavy atom. The minimum atomic E-state index is -0.982. The van der Waals surface area contributed by atoms with E-state index in [1.807, 2.05) is 6.34 Å². The van der Waals surface area contributed by atoms with Crippen LogP contribution in [0, 0.1) is 0 Å². The molecule has 0 aromatic heterocycles. The van der Waals surface area contributed by atoms with Gasteiger partial charge in [-0.1, -0.05) is 19.6 Å². The molecular formula is C10H24N2Si. The van der Waals surface area contributed by atoms with Gasteiger partial charge >= 0.3 is 0 Å². The second-order valence-electron chi connectivity index (χ2n) is 5.89. The smallest absolute Gasteiger partial charge is 0.0850 e. The van der Waals surface area contributed by atoms with E-state index in [9.17, 15) is 0 Å². The zero-order valence-electron chi connectivity index (χ0n) is 10.2. The van der Waals surface area contributed by atoms with Crippen molar-refractivity contribution in [1.82, 2.24) is 4.90 Å². The lowest BCUT2D eigenvalue weighted by Gasteiger charge is -2.24. The Labute approximate surface area is 84.1 Å². The normalized spacial score (nSPS) is 13.8. The molecule has 0 saturated carbocycles. The molecule has 0 atom stereocenters. The lowest BCUT2D eigenvalue weighted by atomic mass is 10.1. The maximum absolute atomic E-state index is 4.46. The highest BCUT2D eigenvalue weighted by atomic mass is 28.3. The first kappa shape index (κ1) is 12.7.